The van der Waals surface area contributed by atoms with Crippen LogP contribution in [0.2, 0.25) is 0 Å². The molecule has 0 saturated carbocycles. The van der Waals surface area contributed by atoms with Crippen molar-refractivity contribution >= 4 is 33.3 Å². The highest BCUT2D eigenvalue weighted by Crippen LogP contribution is 2.40. The average molecular weight is 231 g/mol. The van der Waals surface area contributed by atoms with Crippen molar-refractivity contribution in [3.8, 4) is 0 Å². The molecule has 4 nitrogen and oxygen atoms in total. The van der Waals surface area contributed by atoms with Gasteiger partial charge in [0.15, 0.2) is 0 Å². The second-order valence-corrected chi connectivity index (χ2v) is 4.87. The summed E-state index contributed by atoms with van der Waals surface area (Å²) in [4.78, 5) is 0. The van der Waals surface area contributed by atoms with Gasteiger partial charge < -0.3 is 5.11 Å². The predicted molar refractivity (Wildman–Crippen MR) is 33.2 cm³/mol. The molecule has 0 aromatic rings. The number of hydrogen-bond donors (Lipinski definition) is 2. The molecule has 0 fully saturated rings. The Kier molecular flexibility index (Phi) is 2.74. The standard InChI is InChI=1S/C2H2Cl2F2O4S/c3-1(4,2(5,6)7)11(8,9)10/h7H,(H,8,9,10). The first-order valence-electron chi connectivity index (χ1n) is 1.95. The second-order valence-electron chi connectivity index (χ2n) is 1.53. The van der Waals surface area contributed by atoms with Gasteiger partial charge in [-0.3, -0.25) is 4.55 Å². The first-order valence-corrected chi connectivity index (χ1v) is 4.15. The van der Waals surface area contributed by atoms with Gasteiger partial charge in [-0.25, -0.2) is 0 Å². The normalized spacial score (nSPS) is 15.1. The zero-order chi connectivity index (χ0) is 9.50. The van der Waals surface area contributed by atoms with Gasteiger partial charge in [0.2, 0.25) is 0 Å². The maximum absolute atomic E-state index is 11.7. The molecule has 0 atom stereocenters. The van der Waals surface area contributed by atoms with Crippen LogP contribution in [0.5, 0.6) is 0 Å². The summed E-state index contributed by atoms with van der Waals surface area (Å²) in [5.74, 6) is 0. The molecular weight excluding hydrogens is 229 g/mol. The van der Waals surface area contributed by atoms with Crippen molar-refractivity contribution in [2.24, 2.45) is 0 Å². The van der Waals surface area contributed by atoms with Crippen molar-refractivity contribution in [3.05, 3.63) is 0 Å². The van der Waals surface area contributed by atoms with Gasteiger partial charge in [0.1, 0.15) is 0 Å². The lowest BCUT2D eigenvalue weighted by Gasteiger charge is -2.20. The molecule has 0 aliphatic rings. The van der Waals surface area contributed by atoms with Crippen LogP contribution in [-0.4, -0.2) is 27.9 Å². The summed E-state index contributed by atoms with van der Waals surface area (Å²) >= 11 is 8.83. The van der Waals surface area contributed by atoms with E-state index in [1.165, 1.54) is 0 Å². The van der Waals surface area contributed by atoms with E-state index in [2.05, 4.69) is 23.2 Å². The molecule has 0 aromatic carbocycles. The third kappa shape index (κ3) is 2.12. The Morgan fingerprint density at radius 2 is 1.55 bits per heavy atom. The Labute approximate surface area is 70.5 Å². The lowest BCUT2D eigenvalue weighted by atomic mass is 10.7. The van der Waals surface area contributed by atoms with E-state index in [0.29, 0.717) is 0 Å². The highest BCUT2D eigenvalue weighted by atomic mass is 35.5. The lowest BCUT2D eigenvalue weighted by Crippen LogP contribution is -2.44. The van der Waals surface area contributed by atoms with Gasteiger partial charge in [-0.1, -0.05) is 23.2 Å². The van der Waals surface area contributed by atoms with E-state index in [0.717, 1.165) is 0 Å². The van der Waals surface area contributed by atoms with Crippen LogP contribution in [0.15, 0.2) is 0 Å². The van der Waals surface area contributed by atoms with Crippen LogP contribution in [0.1, 0.15) is 0 Å². The maximum Gasteiger partial charge on any atom is 0.403 e. The molecule has 0 radical (unpaired) electrons. The zero-order valence-electron chi connectivity index (χ0n) is 4.63. The second kappa shape index (κ2) is 2.67. The van der Waals surface area contributed by atoms with E-state index in [1.54, 1.807) is 0 Å². The van der Waals surface area contributed by atoms with Crippen molar-refractivity contribution in [1.82, 2.24) is 0 Å². The summed E-state index contributed by atoms with van der Waals surface area (Å²) in [6, 6.07) is 0. The molecule has 0 unspecified atom stereocenters. The fourth-order valence-corrected chi connectivity index (χ4v) is 0.466. The predicted octanol–water partition coefficient (Wildman–Crippen LogP) is 0.591. The maximum atomic E-state index is 11.7. The van der Waals surface area contributed by atoms with Gasteiger partial charge in [-0.2, -0.15) is 17.2 Å². The third-order valence-corrected chi connectivity index (χ3v) is 3.19. The van der Waals surface area contributed by atoms with Crippen molar-refractivity contribution in [2.75, 3.05) is 0 Å². The minimum atomic E-state index is -5.43. The molecule has 2 N–H and O–H groups in total. The van der Waals surface area contributed by atoms with E-state index in [-0.39, 0.29) is 0 Å². The molecular formula is C2H2Cl2F2O4S. The highest BCUT2D eigenvalue weighted by Gasteiger charge is 2.60. The molecule has 0 aliphatic heterocycles. The van der Waals surface area contributed by atoms with Crippen molar-refractivity contribution < 1.29 is 26.9 Å². The number of aliphatic hydroxyl groups is 1. The lowest BCUT2D eigenvalue weighted by molar-refractivity contribution is -0.194. The smallest absolute Gasteiger partial charge is 0.333 e. The molecule has 0 bridgehead atoms. The van der Waals surface area contributed by atoms with Crippen LogP contribution >= 0.6 is 23.2 Å². The van der Waals surface area contributed by atoms with Gasteiger partial charge in [0.25, 0.3) is 0 Å². The van der Waals surface area contributed by atoms with Gasteiger partial charge in [-0.15, -0.1) is 0 Å². The number of hydrogen-bond acceptors (Lipinski definition) is 3. The van der Waals surface area contributed by atoms with Crippen LogP contribution in [0.25, 0.3) is 0 Å². The Hall–Kier alpha value is 0.310. The first kappa shape index (κ1) is 11.3. The summed E-state index contributed by atoms with van der Waals surface area (Å²) in [5.41, 5.74) is 0. The monoisotopic (exact) mass is 230 g/mol. The van der Waals surface area contributed by atoms with Crippen LogP contribution < -0.4 is 0 Å². The Bertz CT molecular complexity index is 241. The van der Waals surface area contributed by atoms with E-state index in [9.17, 15) is 17.2 Å². The highest BCUT2D eigenvalue weighted by molar-refractivity contribution is 7.90. The van der Waals surface area contributed by atoms with Crippen molar-refractivity contribution in [3.63, 3.8) is 0 Å². The quantitative estimate of drug-likeness (QED) is 0.538. The Balaban J connectivity index is 5.08. The van der Waals surface area contributed by atoms with Gasteiger partial charge in [0.05, 0.1) is 0 Å². The Morgan fingerprint density at radius 3 is 1.55 bits per heavy atom. The molecule has 0 amide bonds. The van der Waals surface area contributed by atoms with Crippen LogP contribution in [0.4, 0.5) is 8.78 Å². The molecule has 0 heterocycles. The number of rotatable bonds is 2. The fourth-order valence-electron chi connectivity index (χ4n) is 0.155. The average Bonchev–Trinajstić information content (AvgIpc) is 1.58. The minimum absolute atomic E-state index is 3.93. The number of halogens is 4. The van der Waals surface area contributed by atoms with Crippen LogP contribution in [0.3, 0.4) is 0 Å². The topological polar surface area (TPSA) is 74.6 Å². The molecule has 9 heteroatoms. The summed E-state index contributed by atoms with van der Waals surface area (Å²) in [6.07, 6.45) is -4.93. The zero-order valence-corrected chi connectivity index (χ0v) is 6.96. The molecule has 11 heavy (non-hydrogen) atoms. The van der Waals surface area contributed by atoms with E-state index < -0.39 is 19.9 Å². The van der Waals surface area contributed by atoms with E-state index in [1.807, 2.05) is 0 Å². The van der Waals surface area contributed by atoms with E-state index >= 15 is 0 Å². The summed E-state index contributed by atoms with van der Waals surface area (Å²) in [5, 5.41) is 7.74. The largest absolute Gasteiger partial charge is 0.403 e. The fraction of sp³-hybridized carbons (Fsp3) is 1.00. The van der Waals surface area contributed by atoms with Crippen LogP contribution in [-0.2, 0) is 10.1 Å². The molecule has 0 aromatic heterocycles. The Morgan fingerprint density at radius 1 is 1.27 bits per heavy atom. The van der Waals surface area contributed by atoms with Gasteiger partial charge >= 0.3 is 19.9 Å². The first-order chi connectivity index (χ1) is 4.50. The number of alkyl halides is 4. The summed E-state index contributed by atoms with van der Waals surface area (Å²) in [6.45, 7) is 0. The SMILES string of the molecule is O=S(=O)(O)C(Cl)(Cl)C(O)(F)F. The third-order valence-electron chi connectivity index (χ3n) is 0.674. The molecule has 0 spiro atoms. The van der Waals surface area contributed by atoms with Crippen LogP contribution in [0, 0.1) is 0 Å². The summed E-state index contributed by atoms with van der Waals surface area (Å²) in [7, 11) is -5.43. The van der Waals surface area contributed by atoms with Gasteiger partial charge in [-0.05, 0) is 0 Å². The molecule has 0 rings (SSSR count). The van der Waals surface area contributed by atoms with Gasteiger partial charge in [0, 0.05) is 0 Å². The summed E-state index contributed by atoms with van der Waals surface area (Å²) < 4.78 is 47.4. The molecule has 68 valence electrons. The van der Waals surface area contributed by atoms with Crippen molar-refractivity contribution in [1.29, 1.82) is 0 Å². The van der Waals surface area contributed by atoms with E-state index in [4.69, 9.17) is 9.66 Å². The minimum Gasteiger partial charge on any atom is -0.333 e. The molecule has 0 saturated heterocycles. The molecule has 0 aliphatic carbocycles. The van der Waals surface area contributed by atoms with Crippen molar-refractivity contribution in [2.45, 2.75) is 9.77 Å².